The number of benzene rings is 2. The molecule has 0 fully saturated rings. The van der Waals surface area contributed by atoms with Gasteiger partial charge in [-0.25, -0.2) is 9.59 Å². The Bertz CT molecular complexity index is 972. The minimum absolute atomic E-state index is 0.233. The largest absolute Gasteiger partial charge is 0.465 e. The summed E-state index contributed by atoms with van der Waals surface area (Å²) in [7, 11) is 1.32. The lowest BCUT2D eigenvalue weighted by Crippen LogP contribution is -2.48. The van der Waals surface area contributed by atoms with Gasteiger partial charge in [-0.3, -0.25) is 4.90 Å². The number of allylic oxidation sites excluding steroid dienone is 1. The van der Waals surface area contributed by atoms with Gasteiger partial charge in [-0.05, 0) is 49.8 Å². The van der Waals surface area contributed by atoms with Crippen LogP contribution in [0.25, 0.3) is 0 Å². The minimum atomic E-state index is -0.642. The lowest BCUT2D eigenvalue weighted by Gasteiger charge is -2.37. The number of thiocarbonyl (C=S) groups is 1. The second-order valence-electron chi connectivity index (χ2n) is 6.35. The van der Waals surface area contributed by atoms with Crippen molar-refractivity contribution in [2.24, 2.45) is 0 Å². The molecule has 7 heteroatoms. The summed E-state index contributed by atoms with van der Waals surface area (Å²) in [5.41, 5.74) is 2.81. The summed E-state index contributed by atoms with van der Waals surface area (Å²) in [5.74, 6) is -0.953. The Morgan fingerprint density at radius 2 is 1.72 bits per heavy atom. The molecule has 6 nitrogen and oxygen atoms in total. The maximum Gasteiger partial charge on any atom is 0.338 e. The van der Waals surface area contributed by atoms with Gasteiger partial charge in [0, 0.05) is 11.4 Å². The molecule has 0 bridgehead atoms. The van der Waals surface area contributed by atoms with Crippen molar-refractivity contribution in [1.29, 1.82) is 0 Å². The molecular formula is C22H22N2O4S. The zero-order valence-electron chi connectivity index (χ0n) is 16.5. The van der Waals surface area contributed by atoms with Gasteiger partial charge in [0.2, 0.25) is 0 Å². The summed E-state index contributed by atoms with van der Waals surface area (Å²) in [4.78, 5) is 27.0. The van der Waals surface area contributed by atoms with Gasteiger partial charge in [0.05, 0.1) is 30.9 Å². The number of nitrogens with zero attached hydrogens (tertiary/aromatic N) is 1. The van der Waals surface area contributed by atoms with E-state index in [1.54, 1.807) is 36.1 Å². The van der Waals surface area contributed by atoms with Crippen LogP contribution in [-0.2, 0) is 14.3 Å². The molecule has 1 heterocycles. The van der Waals surface area contributed by atoms with Crippen LogP contribution in [0.3, 0.4) is 0 Å². The second-order valence-corrected chi connectivity index (χ2v) is 6.74. The van der Waals surface area contributed by atoms with Crippen molar-refractivity contribution in [3.8, 4) is 0 Å². The number of methoxy groups -OCH3 is 1. The van der Waals surface area contributed by atoms with Gasteiger partial charge in [0.15, 0.2) is 5.11 Å². The number of esters is 2. The van der Waals surface area contributed by atoms with E-state index in [1.807, 2.05) is 37.3 Å². The summed E-state index contributed by atoms with van der Waals surface area (Å²) in [6, 6.07) is 15.8. The van der Waals surface area contributed by atoms with Crippen molar-refractivity contribution in [3.05, 3.63) is 77.0 Å². The quantitative estimate of drug-likeness (QED) is 0.595. The third kappa shape index (κ3) is 4.00. The zero-order valence-corrected chi connectivity index (χ0v) is 17.3. The molecule has 0 aliphatic carbocycles. The Morgan fingerprint density at radius 1 is 1.07 bits per heavy atom. The van der Waals surface area contributed by atoms with Crippen LogP contribution in [0.2, 0.25) is 0 Å². The van der Waals surface area contributed by atoms with Crippen LogP contribution >= 0.6 is 12.2 Å². The lowest BCUT2D eigenvalue weighted by atomic mass is 9.91. The van der Waals surface area contributed by atoms with E-state index in [9.17, 15) is 9.59 Å². The normalized spacial score (nSPS) is 16.3. The van der Waals surface area contributed by atoms with Gasteiger partial charge < -0.3 is 14.8 Å². The second kappa shape index (κ2) is 8.87. The van der Waals surface area contributed by atoms with Crippen LogP contribution in [0.5, 0.6) is 0 Å². The Morgan fingerprint density at radius 3 is 2.38 bits per heavy atom. The van der Waals surface area contributed by atoms with Crippen molar-refractivity contribution in [3.63, 3.8) is 0 Å². The van der Waals surface area contributed by atoms with Gasteiger partial charge in [-0.15, -0.1) is 0 Å². The predicted octanol–water partition coefficient (Wildman–Crippen LogP) is 3.75. The molecule has 0 amide bonds. The van der Waals surface area contributed by atoms with Crippen LogP contribution in [0, 0.1) is 0 Å². The molecule has 1 aliphatic heterocycles. The molecule has 150 valence electrons. The highest BCUT2D eigenvalue weighted by Crippen LogP contribution is 2.35. The van der Waals surface area contributed by atoms with Gasteiger partial charge in [0.25, 0.3) is 0 Å². The first-order valence-corrected chi connectivity index (χ1v) is 9.61. The molecule has 1 atom stereocenters. The minimum Gasteiger partial charge on any atom is -0.465 e. The molecule has 0 radical (unpaired) electrons. The highest BCUT2D eigenvalue weighted by molar-refractivity contribution is 7.80. The van der Waals surface area contributed by atoms with Crippen molar-refractivity contribution in [2.45, 2.75) is 19.9 Å². The molecule has 2 aromatic carbocycles. The van der Waals surface area contributed by atoms with Crippen LogP contribution in [0.1, 0.15) is 35.8 Å². The van der Waals surface area contributed by atoms with E-state index >= 15 is 0 Å². The van der Waals surface area contributed by atoms with Gasteiger partial charge in [-0.2, -0.15) is 0 Å². The average molecular weight is 410 g/mol. The summed E-state index contributed by atoms with van der Waals surface area (Å²) >= 11 is 5.62. The summed E-state index contributed by atoms with van der Waals surface area (Å²) in [5, 5.41) is 3.63. The first-order chi connectivity index (χ1) is 14.0. The smallest absolute Gasteiger partial charge is 0.338 e. The number of anilines is 1. The van der Waals surface area contributed by atoms with E-state index in [0.717, 1.165) is 5.69 Å². The summed E-state index contributed by atoms with van der Waals surface area (Å²) < 4.78 is 10.2. The number of carbonyl (C=O) groups excluding carboxylic acids is 2. The van der Waals surface area contributed by atoms with E-state index in [1.165, 1.54) is 7.11 Å². The Kier molecular flexibility index (Phi) is 6.29. The number of para-hydroxylation sites is 1. The predicted molar refractivity (Wildman–Crippen MR) is 115 cm³/mol. The van der Waals surface area contributed by atoms with E-state index in [4.69, 9.17) is 21.7 Å². The lowest BCUT2D eigenvalue weighted by molar-refractivity contribution is -0.139. The molecule has 0 aromatic heterocycles. The molecule has 0 unspecified atom stereocenters. The van der Waals surface area contributed by atoms with Gasteiger partial charge in [0.1, 0.15) is 0 Å². The first kappa shape index (κ1) is 20.5. The number of hydrogen-bond donors (Lipinski definition) is 1. The van der Waals surface area contributed by atoms with Crippen molar-refractivity contribution < 1.29 is 19.1 Å². The highest BCUT2D eigenvalue weighted by atomic mass is 32.1. The number of ether oxygens (including phenoxy) is 2. The fourth-order valence-corrected chi connectivity index (χ4v) is 3.74. The molecule has 1 N–H and O–H groups in total. The molecule has 0 saturated carbocycles. The SMILES string of the molecule is CCOC(=O)C1=C(C)N(c2ccccc2)C(=S)N[C@@H]1c1ccccc1C(=O)OC. The van der Waals surface area contributed by atoms with E-state index < -0.39 is 18.0 Å². The zero-order chi connectivity index (χ0) is 21.0. The molecule has 0 saturated heterocycles. The Hall–Kier alpha value is -3.19. The van der Waals surface area contributed by atoms with Crippen molar-refractivity contribution >= 4 is 35.0 Å². The molecule has 3 rings (SSSR count). The van der Waals surface area contributed by atoms with Crippen LogP contribution in [0.4, 0.5) is 5.69 Å². The number of hydrogen-bond acceptors (Lipinski definition) is 5. The summed E-state index contributed by atoms with van der Waals surface area (Å²) in [6.07, 6.45) is 0. The first-order valence-electron chi connectivity index (χ1n) is 9.20. The maximum absolute atomic E-state index is 12.9. The van der Waals surface area contributed by atoms with Crippen LogP contribution in [-0.4, -0.2) is 30.8 Å². The van der Waals surface area contributed by atoms with Gasteiger partial charge in [-0.1, -0.05) is 36.4 Å². The van der Waals surface area contributed by atoms with Crippen molar-refractivity contribution in [1.82, 2.24) is 5.32 Å². The van der Waals surface area contributed by atoms with Crippen LogP contribution in [0.15, 0.2) is 65.9 Å². The number of rotatable bonds is 5. The molecule has 0 spiro atoms. The van der Waals surface area contributed by atoms with E-state index in [-0.39, 0.29) is 6.61 Å². The molecule has 2 aromatic rings. The average Bonchev–Trinajstić information content (AvgIpc) is 2.73. The molecular weight excluding hydrogens is 388 g/mol. The third-order valence-electron chi connectivity index (χ3n) is 4.67. The van der Waals surface area contributed by atoms with Crippen LogP contribution < -0.4 is 10.2 Å². The standard InChI is InChI=1S/C22H22N2O4S/c1-4-28-21(26)18-14(2)24(15-10-6-5-7-11-15)22(29)23-19(18)16-12-8-9-13-17(16)20(25)27-3/h5-13,19H,4H2,1-3H3,(H,23,29)/t19-/m1/s1. The summed E-state index contributed by atoms with van der Waals surface area (Å²) in [6.45, 7) is 3.80. The number of nitrogens with one attached hydrogen (secondary N) is 1. The highest BCUT2D eigenvalue weighted by Gasteiger charge is 2.37. The molecule has 29 heavy (non-hydrogen) atoms. The fraction of sp³-hybridized carbons (Fsp3) is 0.227. The van der Waals surface area contributed by atoms with Gasteiger partial charge >= 0.3 is 11.9 Å². The molecule has 1 aliphatic rings. The van der Waals surface area contributed by atoms with Crippen molar-refractivity contribution in [2.75, 3.05) is 18.6 Å². The monoisotopic (exact) mass is 410 g/mol. The van der Waals surface area contributed by atoms with E-state index in [2.05, 4.69) is 5.32 Å². The topological polar surface area (TPSA) is 67.9 Å². The Balaban J connectivity index is 2.18. The maximum atomic E-state index is 12.9. The number of carbonyl (C=O) groups is 2. The Labute approximate surface area is 175 Å². The third-order valence-corrected chi connectivity index (χ3v) is 4.97. The van der Waals surface area contributed by atoms with E-state index in [0.29, 0.717) is 27.5 Å². The fourth-order valence-electron chi connectivity index (χ4n) is 3.38.